The van der Waals surface area contributed by atoms with Gasteiger partial charge in [0.15, 0.2) is 0 Å². The highest BCUT2D eigenvalue weighted by molar-refractivity contribution is 5.74. The Morgan fingerprint density at radius 2 is 1.73 bits per heavy atom. The Balaban J connectivity index is 0.000000461. The lowest BCUT2D eigenvalue weighted by Gasteiger charge is -1.86. The van der Waals surface area contributed by atoms with Crippen LogP contribution in [0, 0.1) is 5.82 Å². The number of carbonyl (C=O) groups excluding carboxylic acids is 1. The maximum absolute atomic E-state index is 12.1. The summed E-state index contributed by atoms with van der Waals surface area (Å²) in [6, 6.07) is 5.37. The summed E-state index contributed by atoms with van der Waals surface area (Å²) in [6.45, 7) is 0. The van der Waals surface area contributed by atoms with Crippen molar-refractivity contribution in [3.63, 3.8) is 0 Å². The number of aldehydes is 1. The molecule has 0 radical (unpaired) electrons. The highest BCUT2D eigenvalue weighted by atomic mass is 19.1. The van der Waals surface area contributed by atoms with Crippen LogP contribution in [0.2, 0.25) is 0 Å². The van der Waals surface area contributed by atoms with E-state index < -0.39 is 0 Å². The lowest BCUT2D eigenvalue weighted by Crippen LogP contribution is -1.77. The van der Waals surface area contributed by atoms with E-state index in [1.54, 1.807) is 0 Å². The zero-order valence-electron chi connectivity index (χ0n) is 6.25. The molecule has 60 valence electrons. The molecule has 1 aromatic rings. The molecule has 0 aliphatic carbocycles. The highest BCUT2D eigenvalue weighted by Crippen LogP contribution is 1.98. The van der Waals surface area contributed by atoms with Gasteiger partial charge in [-0.25, -0.2) is 4.39 Å². The van der Waals surface area contributed by atoms with E-state index >= 15 is 0 Å². The molecule has 0 aromatic heterocycles. The summed E-state index contributed by atoms with van der Waals surface area (Å²) < 4.78 is 12.1. The number of carbonyl (C=O) groups is 1. The third-order valence-electron chi connectivity index (χ3n) is 1.01. The third kappa shape index (κ3) is 3.47. The van der Waals surface area contributed by atoms with Crippen LogP contribution in [0.1, 0.15) is 10.4 Å². The number of benzene rings is 1. The van der Waals surface area contributed by atoms with Crippen LogP contribution in [0.25, 0.3) is 0 Å². The molecule has 0 aliphatic rings. The number of rotatable bonds is 1. The first-order valence-electron chi connectivity index (χ1n) is 3.11. The van der Waals surface area contributed by atoms with Crippen LogP contribution in [0.3, 0.4) is 0 Å². The summed E-state index contributed by atoms with van der Waals surface area (Å²) in [5.74, 6) is -0.319. The van der Waals surface area contributed by atoms with Crippen molar-refractivity contribution < 1.29 is 9.18 Å². The zero-order chi connectivity index (χ0) is 8.69. The normalized spacial score (nSPS) is 7.91. The molecule has 0 amide bonds. The van der Waals surface area contributed by atoms with Crippen LogP contribution in [-0.2, 0) is 0 Å². The lowest BCUT2D eigenvalue weighted by atomic mass is 10.2. The van der Waals surface area contributed by atoms with Crippen molar-refractivity contribution in [2.24, 2.45) is 5.73 Å². The Morgan fingerprint density at radius 3 is 2.09 bits per heavy atom. The number of hydrogen-bond acceptors (Lipinski definition) is 2. The maximum atomic E-state index is 12.1. The molecule has 1 aromatic carbocycles. The second-order valence-corrected chi connectivity index (χ2v) is 1.67. The molecule has 1 rings (SSSR count). The van der Waals surface area contributed by atoms with Crippen molar-refractivity contribution in [1.82, 2.24) is 0 Å². The van der Waals surface area contributed by atoms with Crippen LogP contribution < -0.4 is 5.73 Å². The molecule has 0 bridgehead atoms. The van der Waals surface area contributed by atoms with Gasteiger partial charge in [-0.2, -0.15) is 0 Å². The van der Waals surface area contributed by atoms with Crippen LogP contribution >= 0.6 is 0 Å². The van der Waals surface area contributed by atoms with Crippen molar-refractivity contribution in [2.45, 2.75) is 0 Å². The number of hydrogen-bond donors (Lipinski definition) is 1. The first kappa shape index (κ1) is 9.78. The van der Waals surface area contributed by atoms with E-state index in [1.807, 2.05) is 0 Å². The first-order chi connectivity index (χ1) is 5.33. The van der Waals surface area contributed by atoms with Gasteiger partial charge in [-0.05, 0) is 31.3 Å². The average Bonchev–Trinajstić information content (AvgIpc) is 2.10. The molecular formula is C8H10FNO. The van der Waals surface area contributed by atoms with Gasteiger partial charge in [-0.15, -0.1) is 0 Å². The molecule has 2 N–H and O–H groups in total. The van der Waals surface area contributed by atoms with Gasteiger partial charge in [-0.3, -0.25) is 4.79 Å². The third-order valence-corrected chi connectivity index (χ3v) is 1.01. The smallest absolute Gasteiger partial charge is 0.150 e. The number of halogens is 1. The summed E-state index contributed by atoms with van der Waals surface area (Å²) in [4.78, 5) is 10.00. The van der Waals surface area contributed by atoms with Crippen LogP contribution in [0.5, 0.6) is 0 Å². The van der Waals surface area contributed by atoms with Crippen molar-refractivity contribution in [3.8, 4) is 0 Å². The fourth-order valence-corrected chi connectivity index (χ4v) is 0.541. The van der Waals surface area contributed by atoms with E-state index in [1.165, 1.54) is 31.3 Å². The fraction of sp³-hybridized carbons (Fsp3) is 0.125. The number of nitrogens with two attached hydrogens (primary N) is 1. The molecule has 0 unspecified atom stereocenters. The van der Waals surface area contributed by atoms with Gasteiger partial charge in [0, 0.05) is 5.56 Å². The highest BCUT2D eigenvalue weighted by Gasteiger charge is 1.87. The first-order valence-corrected chi connectivity index (χ1v) is 3.11. The molecule has 0 spiro atoms. The summed E-state index contributed by atoms with van der Waals surface area (Å²) >= 11 is 0. The second kappa shape index (κ2) is 5.56. The molecule has 3 heteroatoms. The predicted molar refractivity (Wildman–Crippen MR) is 41.9 cm³/mol. The summed E-state index contributed by atoms with van der Waals surface area (Å²) in [5.41, 5.74) is 5.00. The van der Waals surface area contributed by atoms with Crippen molar-refractivity contribution in [3.05, 3.63) is 35.6 Å². The minimum Gasteiger partial charge on any atom is -0.333 e. The SMILES string of the molecule is CN.O=Cc1ccc(F)cc1. The Kier molecular flexibility index (Phi) is 4.94. The molecule has 2 nitrogen and oxygen atoms in total. The van der Waals surface area contributed by atoms with Gasteiger partial charge < -0.3 is 5.73 Å². The quantitative estimate of drug-likeness (QED) is 0.619. The Bertz CT molecular complexity index is 208. The molecule has 0 saturated heterocycles. The zero-order valence-corrected chi connectivity index (χ0v) is 6.25. The van der Waals surface area contributed by atoms with Gasteiger partial charge in [0.1, 0.15) is 12.1 Å². The lowest BCUT2D eigenvalue weighted by molar-refractivity contribution is 0.112. The Hall–Kier alpha value is -1.22. The second-order valence-electron chi connectivity index (χ2n) is 1.67. The van der Waals surface area contributed by atoms with E-state index in [9.17, 15) is 9.18 Å². The van der Waals surface area contributed by atoms with Gasteiger partial charge in [-0.1, -0.05) is 0 Å². The maximum Gasteiger partial charge on any atom is 0.150 e. The fourth-order valence-electron chi connectivity index (χ4n) is 0.541. The topological polar surface area (TPSA) is 43.1 Å². The van der Waals surface area contributed by atoms with E-state index in [4.69, 9.17) is 0 Å². The van der Waals surface area contributed by atoms with E-state index in [-0.39, 0.29) is 5.82 Å². The molecule has 0 heterocycles. The van der Waals surface area contributed by atoms with Crippen LogP contribution in [0.4, 0.5) is 4.39 Å². The van der Waals surface area contributed by atoms with E-state index in [0.717, 1.165) is 0 Å². The van der Waals surface area contributed by atoms with Gasteiger partial charge >= 0.3 is 0 Å². The molecule has 0 fully saturated rings. The van der Waals surface area contributed by atoms with Crippen molar-refractivity contribution >= 4 is 6.29 Å². The molecule has 0 aliphatic heterocycles. The average molecular weight is 155 g/mol. The minimum atomic E-state index is -0.319. The van der Waals surface area contributed by atoms with Crippen LogP contribution in [0.15, 0.2) is 24.3 Å². The van der Waals surface area contributed by atoms with Crippen molar-refractivity contribution in [1.29, 1.82) is 0 Å². The van der Waals surface area contributed by atoms with Gasteiger partial charge in [0.25, 0.3) is 0 Å². The van der Waals surface area contributed by atoms with Crippen LogP contribution in [-0.4, -0.2) is 13.3 Å². The van der Waals surface area contributed by atoms with Gasteiger partial charge in [0.2, 0.25) is 0 Å². The largest absolute Gasteiger partial charge is 0.333 e. The standard InChI is InChI=1S/C7H5FO.CH5N/c8-7-3-1-6(5-9)2-4-7;1-2/h1-5H;2H2,1H3. The Morgan fingerprint density at radius 1 is 1.27 bits per heavy atom. The van der Waals surface area contributed by atoms with E-state index in [0.29, 0.717) is 11.8 Å². The minimum absolute atomic E-state index is 0.319. The van der Waals surface area contributed by atoms with Crippen molar-refractivity contribution in [2.75, 3.05) is 7.05 Å². The summed E-state index contributed by atoms with van der Waals surface area (Å²) in [6.07, 6.45) is 0.680. The molecule has 0 atom stereocenters. The van der Waals surface area contributed by atoms with E-state index in [2.05, 4.69) is 5.73 Å². The molecule has 11 heavy (non-hydrogen) atoms. The van der Waals surface area contributed by atoms with Gasteiger partial charge in [0.05, 0.1) is 0 Å². The summed E-state index contributed by atoms with van der Waals surface area (Å²) in [7, 11) is 1.50. The predicted octanol–water partition coefficient (Wildman–Crippen LogP) is 1.21. The molecular weight excluding hydrogens is 145 g/mol. The summed E-state index contributed by atoms with van der Waals surface area (Å²) in [5, 5.41) is 0. The molecule has 0 saturated carbocycles. The Labute approximate surface area is 64.8 Å². The monoisotopic (exact) mass is 155 g/mol.